The minimum atomic E-state index is 0.728. The summed E-state index contributed by atoms with van der Waals surface area (Å²) in [6, 6.07) is 8.81. The Hall–Kier alpha value is -0.510. The molecule has 1 N–H and O–H groups in total. The third-order valence-corrected chi connectivity index (χ3v) is 5.13. The van der Waals surface area contributed by atoms with Gasteiger partial charge in [0.25, 0.3) is 0 Å². The van der Waals surface area contributed by atoms with E-state index in [1.165, 1.54) is 42.9 Å². The SMILES string of the molecule is CCN(CC)CCCNCC1Cc2ccccc2S1. The highest BCUT2D eigenvalue weighted by molar-refractivity contribution is 8.00. The molecule has 2 nitrogen and oxygen atoms in total. The molecule has 0 aromatic heterocycles. The van der Waals surface area contributed by atoms with E-state index in [4.69, 9.17) is 0 Å². The Bertz CT molecular complexity index is 352. The van der Waals surface area contributed by atoms with Crippen LogP contribution >= 0.6 is 11.8 Å². The minimum absolute atomic E-state index is 0.728. The van der Waals surface area contributed by atoms with E-state index in [1.54, 1.807) is 0 Å². The quantitative estimate of drug-likeness (QED) is 0.736. The summed E-state index contributed by atoms with van der Waals surface area (Å²) in [6.07, 6.45) is 2.48. The molecule has 106 valence electrons. The lowest BCUT2D eigenvalue weighted by Gasteiger charge is -2.18. The highest BCUT2D eigenvalue weighted by atomic mass is 32.2. The number of rotatable bonds is 8. The van der Waals surface area contributed by atoms with Crippen molar-refractivity contribution in [1.29, 1.82) is 0 Å². The smallest absolute Gasteiger partial charge is 0.0260 e. The second kappa shape index (κ2) is 7.93. The van der Waals surface area contributed by atoms with Gasteiger partial charge in [0.15, 0.2) is 0 Å². The van der Waals surface area contributed by atoms with Crippen molar-refractivity contribution < 1.29 is 0 Å². The molecule has 19 heavy (non-hydrogen) atoms. The van der Waals surface area contributed by atoms with Crippen LogP contribution in [-0.2, 0) is 6.42 Å². The standard InChI is InChI=1S/C16H26N2S/c1-3-18(4-2)11-7-10-17-13-15-12-14-8-5-6-9-16(14)19-15/h5-6,8-9,15,17H,3-4,7,10-13H2,1-2H3. The van der Waals surface area contributed by atoms with E-state index in [2.05, 4.69) is 48.3 Å². The van der Waals surface area contributed by atoms with E-state index in [0.717, 1.165) is 18.3 Å². The Labute approximate surface area is 122 Å². The number of fused-ring (bicyclic) bond motifs is 1. The van der Waals surface area contributed by atoms with Crippen molar-refractivity contribution >= 4 is 11.8 Å². The first-order valence-electron chi connectivity index (χ1n) is 7.51. The van der Waals surface area contributed by atoms with Crippen LogP contribution in [-0.4, -0.2) is 42.9 Å². The van der Waals surface area contributed by atoms with Gasteiger partial charge in [-0.05, 0) is 50.7 Å². The van der Waals surface area contributed by atoms with Gasteiger partial charge in [-0.3, -0.25) is 0 Å². The molecule has 3 heteroatoms. The molecule has 1 unspecified atom stereocenters. The second-order valence-electron chi connectivity index (χ2n) is 5.14. The molecule has 1 aromatic carbocycles. The molecule has 0 bridgehead atoms. The zero-order chi connectivity index (χ0) is 13.5. The lowest BCUT2D eigenvalue weighted by atomic mass is 10.1. The van der Waals surface area contributed by atoms with E-state index < -0.39 is 0 Å². The summed E-state index contributed by atoms with van der Waals surface area (Å²) in [5, 5.41) is 4.35. The van der Waals surface area contributed by atoms with Crippen LogP contribution in [0.2, 0.25) is 0 Å². The van der Waals surface area contributed by atoms with Crippen LogP contribution in [0.5, 0.6) is 0 Å². The molecule has 1 heterocycles. The summed E-state index contributed by atoms with van der Waals surface area (Å²) in [4.78, 5) is 3.97. The fourth-order valence-corrected chi connectivity index (χ4v) is 3.88. The van der Waals surface area contributed by atoms with Crippen molar-refractivity contribution in [2.75, 3.05) is 32.7 Å². The van der Waals surface area contributed by atoms with Crippen LogP contribution in [0.25, 0.3) is 0 Å². The molecule has 0 saturated heterocycles. The molecule has 0 radical (unpaired) electrons. The minimum Gasteiger partial charge on any atom is -0.316 e. The van der Waals surface area contributed by atoms with Gasteiger partial charge in [-0.15, -0.1) is 11.8 Å². The van der Waals surface area contributed by atoms with Gasteiger partial charge in [-0.25, -0.2) is 0 Å². The average molecular weight is 278 g/mol. The van der Waals surface area contributed by atoms with Gasteiger partial charge in [-0.2, -0.15) is 0 Å². The van der Waals surface area contributed by atoms with Gasteiger partial charge in [0.1, 0.15) is 0 Å². The zero-order valence-corrected chi connectivity index (χ0v) is 13.0. The highest BCUT2D eigenvalue weighted by Crippen LogP contribution is 2.36. The van der Waals surface area contributed by atoms with Crippen molar-refractivity contribution in [3.05, 3.63) is 29.8 Å². The molecular formula is C16H26N2S. The fourth-order valence-electron chi connectivity index (χ4n) is 2.60. The molecule has 1 aromatic rings. The van der Waals surface area contributed by atoms with Gasteiger partial charge < -0.3 is 10.2 Å². The van der Waals surface area contributed by atoms with Crippen LogP contribution in [0.4, 0.5) is 0 Å². The molecule has 0 amide bonds. The van der Waals surface area contributed by atoms with Crippen LogP contribution in [0.1, 0.15) is 25.8 Å². The largest absolute Gasteiger partial charge is 0.316 e. The van der Waals surface area contributed by atoms with Crippen LogP contribution in [0, 0.1) is 0 Å². The fraction of sp³-hybridized carbons (Fsp3) is 0.625. The Balaban J connectivity index is 1.58. The predicted molar refractivity (Wildman–Crippen MR) is 85.1 cm³/mol. The molecule has 1 aliphatic rings. The Morgan fingerprint density at radius 3 is 2.79 bits per heavy atom. The zero-order valence-electron chi connectivity index (χ0n) is 12.2. The van der Waals surface area contributed by atoms with Gasteiger partial charge in [-0.1, -0.05) is 32.0 Å². The first kappa shape index (κ1) is 14.9. The normalized spacial score (nSPS) is 17.9. The lowest BCUT2D eigenvalue weighted by Crippen LogP contribution is -2.30. The number of benzene rings is 1. The van der Waals surface area contributed by atoms with E-state index in [-0.39, 0.29) is 0 Å². The third kappa shape index (κ3) is 4.51. The predicted octanol–water partition coefficient (Wildman–Crippen LogP) is 3.02. The lowest BCUT2D eigenvalue weighted by molar-refractivity contribution is 0.298. The van der Waals surface area contributed by atoms with E-state index in [1.807, 2.05) is 11.8 Å². The van der Waals surface area contributed by atoms with E-state index >= 15 is 0 Å². The number of thioether (sulfide) groups is 1. The molecule has 0 fully saturated rings. The Kier molecular flexibility index (Phi) is 6.21. The van der Waals surface area contributed by atoms with E-state index in [9.17, 15) is 0 Å². The monoisotopic (exact) mass is 278 g/mol. The van der Waals surface area contributed by atoms with Crippen LogP contribution in [0.3, 0.4) is 0 Å². The maximum Gasteiger partial charge on any atom is 0.0260 e. The summed E-state index contributed by atoms with van der Waals surface area (Å²) in [6.45, 7) is 10.3. The Morgan fingerprint density at radius 1 is 1.26 bits per heavy atom. The van der Waals surface area contributed by atoms with E-state index in [0.29, 0.717) is 0 Å². The topological polar surface area (TPSA) is 15.3 Å². The molecule has 0 spiro atoms. The molecular weight excluding hydrogens is 252 g/mol. The van der Waals surface area contributed by atoms with Crippen LogP contribution in [0.15, 0.2) is 29.2 Å². The van der Waals surface area contributed by atoms with Crippen molar-refractivity contribution in [3.8, 4) is 0 Å². The van der Waals surface area contributed by atoms with Gasteiger partial charge in [0.05, 0.1) is 0 Å². The van der Waals surface area contributed by atoms with Crippen molar-refractivity contribution in [2.24, 2.45) is 0 Å². The molecule has 1 atom stereocenters. The summed E-state index contributed by atoms with van der Waals surface area (Å²) in [5.74, 6) is 0. The first-order chi connectivity index (χ1) is 9.33. The van der Waals surface area contributed by atoms with Gasteiger partial charge in [0.2, 0.25) is 0 Å². The van der Waals surface area contributed by atoms with Crippen LogP contribution < -0.4 is 5.32 Å². The molecule has 1 aliphatic heterocycles. The van der Waals surface area contributed by atoms with Crippen molar-refractivity contribution in [1.82, 2.24) is 10.2 Å². The average Bonchev–Trinajstić information content (AvgIpc) is 2.85. The molecule has 2 rings (SSSR count). The molecule has 0 saturated carbocycles. The summed E-state index contributed by atoms with van der Waals surface area (Å²) in [7, 11) is 0. The number of nitrogens with one attached hydrogen (secondary N) is 1. The maximum absolute atomic E-state index is 3.62. The Morgan fingerprint density at radius 2 is 2.05 bits per heavy atom. The number of hydrogen-bond acceptors (Lipinski definition) is 3. The highest BCUT2D eigenvalue weighted by Gasteiger charge is 2.20. The molecule has 0 aliphatic carbocycles. The third-order valence-electron chi connectivity index (χ3n) is 3.81. The van der Waals surface area contributed by atoms with Gasteiger partial charge in [0, 0.05) is 16.7 Å². The number of nitrogens with zero attached hydrogens (tertiary/aromatic N) is 1. The first-order valence-corrected chi connectivity index (χ1v) is 8.39. The summed E-state index contributed by atoms with van der Waals surface area (Å²) < 4.78 is 0. The summed E-state index contributed by atoms with van der Waals surface area (Å²) >= 11 is 2.04. The van der Waals surface area contributed by atoms with Gasteiger partial charge >= 0.3 is 0 Å². The van der Waals surface area contributed by atoms with Crippen molar-refractivity contribution in [2.45, 2.75) is 36.8 Å². The van der Waals surface area contributed by atoms with Crippen molar-refractivity contribution in [3.63, 3.8) is 0 Å². The maximum atomic E-state index is 3.62. The summed E-state index contributed by atoms with van der Waals surface area (Å²) in [5.41, 5.74) is 1.53. The second-order valence-corrected chi connectivity index (χ2v) is 6.48. The number of hydrogen-bond donors (Lipinski definition) is 1.